The maximum atomic E-state index is 13.7. The molecule has 1 N–H and O–H groups in total. The van der Waals surface area contributed by atoms with E-state index in [1.807, 2.05) is 49.4 Å². The molecule has 0 saturated carbocycles. The number of fused-ring (bicyclic) bond motifs is 1. The smallest absolute Gasteiger partial charge is 0.336 e. The standard InChI is InChI=1S/C27H27NO6/c1-4-32-27(30)24-15(2)28-20-11-18(16-6-5-7-19(10-16)31-3)12-21(29)26(20)25(24)17-8-9-22-23(13-17)34-14-33-22/h5-10,13,18,25,28H,4,11-12,14H2,1-3H3/t18-,25-/m0/s1. The van der Waals surface area contributed by atoms with Crippen molar-refractivity contribution in [3.8, 4) is 17.2 Å². The van der Waals surface area contributed by atoms with E-state index in [1.165, 1.54) is 0 Å². The molecule has 176 valence electrons. The van der Waals surface area contributed by atoms with Gasteiger partial charge in [0.15, 0.2) is 17.3 Å². The number of dihydropyridines is 1. The van der Waals surface area contributed by atoms with Crippen molar-refractivity contribution in [3.63, 3.8) is 0 Å². The van der Waals surface area contributed by atoms with Crippen LogP contribution in [0, 0.1) is 0 Å². The average Bonchev–Trinajstić information content (AvgIpc) is 3.31. The lowest BCUT2D eigenvalue weighted by molar-refractivity contribution is -0.138. The van der Waals surface area contributed by atoms with E-state index < -0.39 is 11.9 Å². The predicted octanol–water partition coefficient (Wildman–Crippen LogP) is 4.35. The van der Waals surface area contributed by atoms with E-state index in [2.05, 4.69) is 5.32 Å². The fourth-order valence-corrected chi connectivity index (χ4v) is 5.08. The number of allylic oxidation sites excluding steroid dienone is 3. The van der Waals surface area contributed by atoms with E-state index in [9.17, 15) is 9.59 Å². The number of hydrogen-bond donors (Lipinski definition) is 1. The highest BCUT2D eigenvalue weighted by atomic mass is 16.7. The molecule has 0 saturated heterocycles. The Morgan fingerprint density at radius 1 is 1.09 bits per heavy atom. The number of benzene rings is 2. The molecule has 0 amide bonds. The van der Waals surface area contributed by atoms with Gasteiger partial charge >= 0.3 is 5.97 Å². The molecule has 0 unspecified atom stereocenters. The van der Waals surface area contributed by atoms with Crippen LogP contribution in [0.5, 0.6) is 17.2 Å². The van der Waals surface area contributed by atoms with Crippen LogP contribution in [0.3, 0.4) is 0 Å². The van der Waals surface area contributed by atoms with Crippen molar-refractivity contribution in [2.45, 2.75) is 38.5 Å². The number of ether oxygens (including phenoxy) is 4. The molecule has 0 fully saturated rings. The summed E-state index contributed by atoms with van der Waals surface area (Å²) in [6, 6.07) is 13.4. The number of esters is 1. The third kappa shape index (κ3) is 3.81. The van der Waals surface area contributed by atoms with Gasteiger partial charge in [-0.05, 0) is 61.6 Å². The van der Waals surface area contributed by atoms with E-state index in [0.29, 0.717) is 41.2 Å². The highest BCUT2D eigenvalue weighted by Gasteiger charge is 2.41. The number of rotatable bonds is 5. The van der Waals surface area contributed by atoms with Gasteiger partial charge in [0.2, 0.25) is 6.79 Å². The zero-order valence-electron chi connectivity index (χ0n) is 19.5. The lowest BCUT2D eigenvalue weighted by atomic mass is 9.71. The maximum Gasteiger partial charge on any atom is 0.336 e. The lowest BCUT2D eigenvalue weighted by Crippen LogP contribution is -2.36. The Morgan fingerprint density at radius 3 is 2.71 bits per heavy atom. The number of hydrogen-bond acceptors (Lipinski definition) is 7. The van der Waals surface area contributed by atoms with Gasteiger partial charge in [-0.1, -0.05) is 18.2 Å². The van der Waals surface area contributed by atoms with Crippen LogP contribution in [0.25, 0.3) is 0 Å². The maximum absolute atomic E-state index is 13.7. The van der Waals surface area contributed by atoms with Gasteiger partial charge < -0.3 is 24.3 Å². The normalized spacial score (nSPS) is 21.2. The van der Waals surface area contributed by atoms with Crippen LogP contribution in [-0.2, 0) is 14.3 Å². The molecule has 0 aromatic heterocycles. The third-order valence-corrected chi connectivity index (χ3v) is 6.62. The summed E-state index contributed by atoms with van der Waals surface area (Å²) in [6.07, 6.45) is 1.01. The molecule has 2 atom stereocenters. The molecular weight excluding hydrogens is 434 g/mol. The van der Waals surface area contributed by atoms with E-state index in [0.717, 1.165) is 22.6 Å². The summed E-state index contributed by atoms with van der Waals surface area (Å²) in [5, 5.41) is 3.37. The van der Waals surface area contributed by atoms with E-state index in [1.54, 1.807) is 14.0 Å². The highest BCUT2D eigenvalue weighted by Crippen LogP contribution is 2.47. The molecule has 2 heterocycles. The second-order valence-corrected chi connectivity index (χ2v) is 8.63. The molecule has 1 aliphatic carbocycles. The first-order chi connectivity index (χ1) is 16.5. The summed E-state index contributed by atoms with van der Waals surface area (Å²) in [6.45, 7) is 4.03. The Morgan fingerprint density at radius 2 is 1.91 bits per heavy atom. The van der Waals surface area contributed by atoms with Gasteiger partial charge in [0, 0.05) is 29.3 Å². The Bertz CT molecular complexity index is 1230. The Hall–Kier alpha value is -3.74. The van der Waals surface area contributed by atoms with Crippen LogP contribution in [0.15, 0.2) is 65.0 Å². The van der Waals surface area contributed by atoms with E-state index in [-0.39, 0.29) is 25.1 Å². The summed E-state index contributed by atoms with van der Waals surface area (Å²) >= 11 is 0. The van der Waals surface area contributed by atoms with Crippen molar-refractivity contribution in [2.75, 3.05) is 20.5 Å². The lowest BCUT2D eigenvalue weighted by Gasteiger charge is -2.36. The molecular formula is C27H27NO6. The molecule has 0 spiro atoms. The van der Waals surface area contributed by atoms with Crippen LogP contribution >= 0.6 is 0 Å². The van der Waals surface area contributed by atoms with Crippen molar-refractivity contribution in [1.82, 2.24) is 5.32 Å². The Kier molecular flexibility index (Phi) is 5.77. The summed E-state index contributed by atoms with van der Waals surface area (Å²) in [4.78, 5) is 26.7. The fourth-order valence-electron chi connectivity index (χ4n) is 5.08. The summed E-state index contributed by atoms with van der Waals surface area (Å²) in [7, 11) is 1.63. The van der Waals surface area contributed by atoms with Gasteiger partial charge in [0.25, 0.3) is 0 Å². The molecule has 0 bridgehead atoms. The van der Waals surface area contributed by atoms with Crippen LogP contribution in [0.2, 0.25) is 0 Å². The van der Waals surface area contributed by atoms with Crippen molar-refractivity contribution < 1.29 is 28.5 Å². The van der Waals surface area contributed by atoms with Crippen molar-refractivity contribution in [1.29, 1.82) is 0 Å². The van der Waals surface area contributed by atoms with Crippen molar-refractivity contribution >= 4 is 11.8 Å². The third-order valence-electron chi connectivity index (χ3n) is 6.62. The SMILES string of the molecule is CCOC(=O)C1=C(C)NC2=C(C(=O)C[C@@H](c3cccc(OC)c3)C2)[C@H]1c1ccc2c(c1)OCO2. The molecule has 5 rings (SSSR count). The quantitative estimate of drug-likeness (QED) is 0.663. The van der Waals surface area contributed by atoms with Crippen LogP contribution < -0.4 is 19.5 Å². The molecule has 2 aromatic rings. The van der Waals surface area contributed by atoms with Gasteiger partial charge in [0.1, 0.15) is 5.75 Å². The number of nitrogens with one attached hydrogen (secondary N) is 1. The van der Waals surface area contributed by atoms with Gasteiger partial charge in [0.05, 0.1) is 19.3 Å². The number of carbonyl (C=O) groups is 2. The molecule has 7 heteroatoms. The first-order valence-electron chi connectivity index (χ1n) is 11.4. The first kappa shape index (κ1) is 22.1. The zero-order chi connectivity index (χ0) is 23.8. The zero-order valence-corrected chi connectivity index (χ0v) is 19.5. The van der Waals surface area contributed by atoms with Crippen LogP contribution in [-0.4, -0.2) is 32.3 Å². The van der Waals surface area contributed by atoms with Crippen LogP contribution in [0.4, 0.5) is 0 Å². The van der Waals surface area contributed by atoms with E-state index in [4.69, 9.17) is 18.9 Å². The topological polar surface area (TPSA) is 83.1 Å². The summed E-state index contributed by atoms with van der Waals surface area (Å²) < 4.78 is 21.8. The summed E-state index contributed by atoms with van der Waals surface area (Å²) in [5.74, 6) is 1.09. The van der Waals surface area contributed by atoms with Crippen LogP contribution in [0.1, 0.15) is 49.7 Å². The van der Waals surface area contributed by atoms with Gasteiger partial charge in [-0.25, -0.2) is 4.79 Å². The minimum absolute atomic E-state index is 0.0125. The molecule has 34 heavy (non-hydrogen) atoms. The molecule has 7 nitrogen and oxygen atoms in total. The molecule has 2 aliphatic heterocycles. The monoisotopic (exact) mass is 461 g/mol. The van der Waals surface area contributed by atoms with Gasteiger partial charge in [-0.3, -0.25) is 4.79 Å². The number of carbonyl (C=O) groups excluding carboxylic acids is 2. The summed E-state index contributed by atoms with van der Waals surface area (Å²) in [5.41, 5.74) is 4.46. The Balaban J connectivity index is 1.58. The van der Waals surface area contributed by atoms with Crippen molar-refractivity contribution in [2.24, 2.45) is 0 Å². The molecule has 3 aliphatic rings. The minimum Gasteiger partial charge on any atom is -0.497 e. The Labute approximate surface area is 198 Å². The largest absolute Gasteiger partial charge is 0.497 e. The first-order valence-corrected chi connectivity index (χ1v) is 11.4. The van der Waals surface area contributed by atoms with Gasteiger partial charge in [-0.15, -0.1) is 0 Å². The fraction of sp³-hybridized carbons (Fsp3) is 0.333. The highest BCUT2D eigenvalue weighted by molar-refractivity contribution is 6.04. The number of methoxy groups -OCH3 is 1. The number of Topliss-reactive ketones (excluding diaryl/α,β-unsaturated/α-hetero) is 1. The average molecular weight is 462 g/mol. The molecule has 0 radical (unpaired) electrons. The second kappa shape index (κ2) is 8.89. The van der Waals surface area contributed by atoms with E-state index >= 15 is 0 Å². The predicted molar refractivity (Wildman–Crippen MR) is 125 cm³/mol. The number of ketones is 1. The second-order valence-electron chi connectivity index (χ2n) is 8.63. The molecule has 2 aromatic carbocycles. The van der Waals surface area contributed by atoms with Crippen molar-refractivity contribution in [3.05, 3.63) is 76.1 Å². The van der Waals surface area contributed by atoms with Gasteiger partial charge in [-0.2, -0.15) is 0 Å². The minimum atomic E-state index is -0.538.